The third kappa shape index (κ3) is 6.33. The number of nitrogens with one attached hydrogen (secondary N) is 2. The van der Waals surface area contributed by atoms with Crippen LogP contribution in [0.3, 0.4) is 0 Å². The minimum Gasteiger partial charge on any atom is -0.495 e. The monoisotopic (exact) mass is 542 g/mol. The molecule has 2 N–H and O–H groups in total. The standard InChI is InChI=1S/C27H29F3N6OS/c1-36(25-24-11-23(12-27(28,29)30)38-26(24)34-16-33-25)21-8-7-19(9-21)32-13-17-3-5-18(6-4-17)35-20-10-22(37-2)15-31-14-20/h3-6,10-11,14-16,19,21,32,35H,7-9,12-13H2,1-2H3. The molecule has 0 radical (unpaired) electrons. The van der Waals surface area contributed by atoms with Crippen molar-refractivity contribution in [3.63, 3.8) is 0 Å². The maximum atomic E-state index is 12.9. The van der Waals surface area contributed by atoms with E-state index >= 15 is 0 Å². The van der Waals surface area contributed by atoms with Gasteiger partial charge in [-0.3, -0.25) is 4.98 Å². The van der Waals surface area contributed by atoms with Gasteiger partial charge in [0.1, 0.15) is 22.7 Å². The number of hydrogen-bond acceptors (Lipinski definition) is 8. The molecule has 4 aromatic rings. The number of rotatable bonds is 9. The first-order valence-electron chi connectivity index (χ1n) is 12.4. The van der Waals surface area contributed by atoms with Crippen LogP contribution in [0.25, 0.3) is 10.2 Å². The first-order valence-corrected chi connectivity index (χ1v) is 13.2. The Morgan fingerprint density at radius 3 is 2.66 bits per heavy atom. The SMILES string of the molecule is COc1cncc(Nc2ccc(CNC3CCC(N(C)c4ncnc5sc(CC(F)(F)F)cc45)C3)cc2)c1. The zero-order chi connectivity index (χ0) is 26.7. The molecular weight excluding hydrogens is 513 g/mol. The van der Waals surface area contributed by atoms with Crippen LogP contribution in [0.5, 0.6) is 5.75 Å². The van der Waals surface area contributed by atoms with Crippen LogP contribution in [0, 0.1) is 0 Å². The normalized spacial score (nSPS) is 17.6. The molecule has 1 aliphatic rings. The van der Waals surface area contributed by atoms with E-state index < -0.39 is 12.6 Å². The Bertz CT molecular complexity index is 1380. The molecule has 0 amide bonds. The van der Waals surface area contributed by atoms with Gasteiger partial charge in [0.15, 0.2) is 0 Å². The van der Waals surface area contributed by atoms with E-state index in [1.165, 1.54) is 11.9 Å². The number of aromatic nitrogens is 3. The molecule has 2 atom stereocenters. The highest BCUT2D eigenvalue weighted by molar-refractivity contribution is 7.18. The molecule has 2 unspecified atom stereocenters. The number of alkyl halides is 3. The number of benzene rings is 1. The zero-order valence-electron chi connectivity index (χ0n) is 21.1. The third-order valence-corrected chi connectivity index (χ3v) is 7.85. The van der Waals surface area contributed by atoms with Crippen molar-refractivity contribution in [3.8, 4) is 5.75 Å². The minimum atomic E-state index is -4.24. The van der Waals surface area contributed by atoms with E-state index in [0.29, 0.717) is 27.8 Å². The molecule has 7 nitrogen and oxygen atoms in total. The molecule has 0 spiro atoms. The highest BCUT2D eigenvalue weighted by Crippen LogP contribution is 2.36. The van der Waals surface area contributed by atoms with E-state index in [2.05, 4.69) is 42.6 Å². The second-order valence-electron chi connectivity index (χ2n) is 9.51. The molecule has 11 heteroatoms. The number of thiophene rings is 1. The molecule has 38 heavy (non-hydrogen) atoms. The number of pyridine rings is 1. The Kier molecular flexibility index (Phi) is 7.66. The maximum Gasteiger partial charge on any atom is 0.393 e. The fraction of sp³-hybridized carbons (Fsp3) is 0.370. The lowest BCUT2D eigenvalue weighted by Gasteiger charge is -2.26. The maximum absolute atomic E-state index is 12.9. The molecular formula is C27H29F3N6OS. The number of fused-ring (bicyclic) bond motifs is 1. The quantitative estimate of drug-likeness (QED) is 0.265. The van der Waals surface area contributed by atoms with Crippen LogP contribution in [0.4, 0.5) is 30.4 Å². The fourth-order valence-corrected chi connectivity index (χ4v) is 5.88. The van der Waals surface area contributed by atoms with Gasteiger partial charge in [0.2, 0.25) is 0 Å². The van der Waals surface area contributed by atoms with E-state index in [0.717, 1.165) is 48.5 Å². The second-order valence-corrected chi connectivity index (χ2v) is 10.6. The smallest absolute Gasteiger partial charge is 0.393 e. The first-order chi connectivity index (χ1) is 18.3. The molecule has 0 bridgehead atoms. The van der Waals surface area contributed by atoms with Crippen molar-refractivity contribution in [1.82, 2.24) is 20.3 Å². The van der Waals surface area contributed by atoms with Crippen molar-refractivity contribution in [2.45, 2.75) is 50.5 Å². The van der Waals surface area contributed by atoms with Gasteiger partial charge in [-0.2, -0.15) is 13.2 Å². The van der Waals surface area contributed by atoms with Crippen LogP contribution in [0.15, 0.2) is 55.1 Å². The molecule has 5 rings (SSSR count). The lowest BCUT2D eigenvalue weighted by atomic mass is 10.1. The highest BCUT2D eigenvalue weighted by atomic mass is 32.1. The minimum absolute atomic E-state index is 0.250. The summed E-state index contributed by atoms with van der Waals surface area (Å²) in [7, 11) is 3.59. The molecule has 3 heterocycles. The number of ether oxygens (including phenoxy) is 1. The molecule has 1 aliphatic carbocycles. The van der Waals surface area contributed by atoms with Crippen molar-refractivity contribution in [1.29, 1.82) is 0 Å². The first kappa shape index (κ1) is 26.2. The van der Waals surface area contributed by atoms with Gasteiger partial charge in [-0.05, 0) is 43.0 Å². The zero-order valence-corrected chi connectivity index (χ0v) is 21.9. The Labute approximate surface area is 223 Å². The summed E-state index contributed by atoms with van der Waals surface area (Å²) in [5.41, 5.74) is 3.01. The summed E-state index contributed by atoms with van der Waals surface area (Å²) >= 11 is 1.08. The third-order valence-electron chi connectivity index (χ3n) is 6.81. The van der Waals surface area contributed by atoms with Crippen LogP contribution >= 0.6 is 11.3 Å². The molecule has 0 aliphatic heterocycles. The number of hydrogen-bond donors (Lipinski definition) is 2. The summed E-state index contributed by atoms with van der Waals surface area (Å²) < 4.78 is 43.9. The van der Waals surface area contributed by atoms with Crippen molar-refractivity contribution >= 4 is 38.7 Å². The van der Waals surface area contributed by atoms with Gasteiger partial charge >= 0.3 is 6.18 Å². The Balaban J connectivity index is 1.16. The van der Waals surface area contributed by atoms with Gasteiger partial charge < -0.3 is 20.3 Å². The number of methoxy groups -OCH3 is 1. The largest absolute Gasteiger partial charge is 0.495 e. The highest BCUT2D eigenvalue weighted by Gasteiger charge is 2.31. The molecule has 1 aromatic carbocycles. The summed E-state index contributed by atoms with van der Waals surface area (Å²) in [4.78, 5) is 15.7. The van der Waals surface area contributed by atoms with Crippen LogP contribution in [-0.2, 0) is 13.0 Å². The second kappa shape index (κ2) is 11.1. The summed E-state index contributed by atoms with van der Waals surface area (Å²) in [6.45, 7) is 0.755. The van der Waals surface area contributed by atoms with Crippen LogP contribution in [0.2, 0.25) is 0 Å². The van der Waals surface area contributed by atoms with Crippen LogP contribution in [-0.4, -0.2) is 47.4 Å². The summed E-state index contributed by atoms with van der Waals surface area (Å²) in [5.74, 6) is 1.39. The molecule has 200 valence electrons. The van der Waals surface area contributed by atoms with Crippen molar-refractivity contribution in [3.05, 3.63) is 65.6 Å². The Morgan fingerprint density at radius 1 is 1.08 bits per heavy atom. The topological polar surface area (TPSA) is 75.2 Å². The lowest BCUT2D eigenvalue weighted by molar-refractivity contribution is -0.126. The van der Waals surface area contributed by atoms with Crippen LogP contribution < -0.4 is 20.3 Å². The predicted molar refractivity (Wildman–Crippen MR) is 144 cm³/mol. The number of halogens is 3. The molecule has 0 saturated heterocycles. The van der Waals surface area contributed by atoms with Crippen molar-refractivity contribution < 1.29 is 17.9 Å². The average Bonchev–Trinajstić information content (AvgIpc) is 3.53. The van der Waals surface area contributed by atoms with Gasteiger partial charge in [0, 0.05) is 42.3 Å². The summed E-state index contributed by atoms with van der Waals surface area (Å²) in [6.07, 6.45) is 2.61. The van der Waals surface area contributed by atoms with E-state index in [4.69, 9.17) is 4.74 Å². The molecule has 1 fully saturated rings. The number of nitrogens with zero attached hydrogens (tertiary/aromatic N) is 4. The van der Waals surface area contributed by atoms with E-state index in [-0.39, 0.29) is 10.9 Å². The fourth-order valence-electron chi connectivity index (χ4n) is 4.86. The van der Waals surface area contributed by atoms with Gasteiger partial charge in [-0.15, -0.1) is 11.3 Å². The van der Waals surface area contributed by atoms with Crippen molar-refractivity contribution in [2.24, 2.45) is 0 Å². The summed E-state index contributed by atoms with van der Waals surface area (Å²) in [6, 6.07) is 12.3. The Hall–Kier alpha value is -3.44. The van der Waals surface area contributed by atoms with Gasteiger partial charge in [-0.25, -0.2) is 9.97 Å². The molecule has 1 saturated carbocycles. The average molecular weight is 543 g/mol. The van der Waals surface area contributed by atoms with Gasteiger partial charge in [0.05, 0.1) is 37.0 Å². The van der Waals surface area contributed by atoms with Gasteiger partial charge in [-0.1, -0.05) is 12.1 Å². The van der Waals surface area contributed by atoms with Gasteiger partial charge in [0.25, 0.3) is 0 Å². The van der Waals surface area contributed by atoms with E-state index in [1.54, 1.807) is 25.6 Å². The Morgan fingerprint density at radius 2 is 1.89 bits per heavy atom. The van der Waals surface area contributed by atoms with E-state index in [9.17, 15) is 13.2 Å². The number of anilines is 3. The lowest BCUT2D eigenvalue weighted by Crippen LogP contribution is -2.33. The predicted octanol–water partition coefficient (Wildman–Crippen LogP) is 6.09. The van der Waals surface area contributed by atoms with Crippen molar-refractivity contribution in [2.75, 3.05) is 24.4 Å². The molecule has 3 aromatic heterocycles. The summed E-state index contributed by atoms with van der Waals surface area (Å²) in [5, 5.41) is 7.67. The van der Waals surface area contributed by atoms with E-state index in [1.807, 2.05) is 25.2 Å². The van der Waals surface area contributed by atoms with Crippen LogP contribution in [0.1, 0.15) is 29.7 Å².